The molecule has 4 atom stereocenters. The summed E-state index contributed by atoms with van der Waals surface area (Å²) < 4.78 is 25.1. The number of carbonyl (C=O) groups is 2. The average Bonchev–Trinajstić information content (AvgIpc) is 2.62. The number of halogens is 3. The maximum absolute atomic E-state index is 11.6. The van der Waals surface area contributed by atoms with Gasteiger partial charge in [0.1, 0.15) is 0 Å². The van der Waals surface area contributed by atoms with E-state index in [-0.39, 0.29) is 13.2 Å². The Morgan fingerprint density at radius 3 is 2.24 bits per heavy atom. The number of alkyl halides is 3. The molecule has 0 radical (unpaired) electrons. The number of nitrogens with one attached hydrogen (secondary N) is 1. The largest absolute Gasteiger partial charge is 0.456 e. The Morgan fingerprint density at radius 1 is 1.07 bits per heavy atom. The van der Waals surface area contributed by atoms with Gasteiger partial charge in [-0.2, -0.15) is 0 Å². The first-order valence-electron chi connectivity index (χ1n) is 8.52. The Kier molecular flexibility index (Phi) is 8.54. The van der Waals surface area contributed by atoms with E-state index in [2.05, 4.69) is 0 Å². The van der Waals surface area contributed by atoms with E-state index < -0.39 is 46.2 Å². The van der Waals surface area contributed by atoms with Gasteiger partial charge in [-0.25, -0.2) is 0 Å². The van der Waals surface area contributed by atoms with Crippen molar-refractivity contribution in [3.63, 3.8) is 0 Å². The summed E-state index contributed by atoms with van der Waals surface area (Å²) in [6.07, 6.45) is -4.34. The molecule has 0 spiro atoms. The lowest BCUT2D eigenvalue weighted by Crippen LogP contribution is -2.58. The van der Waals surface area contributed by atoms with Gasteiger partial charge in [-0.1, -0.05) is 65.1 Å². The second-order valence-electron chi connectivity index (χ2n) is 6.13. The van der Waals surface area contributed by atoms with Gasteiger partial charge in [0.25, 0.3) is 3.79 Å². The molecule has 8 nitrogen and oxygen atoms in total. The zero-order valence-electron chi connectivity index (χ0n) is 15.6. The molecular formula is C18H20Cl3NO7. The fourth-order valence-electron chi connectivity index (χ4n) is 2.62. The number of carbonyl (C=O) groups excluding carboxylic acids is 2. The molecular weight excluding hydrogens is 449 g/mol. The van der Waals surface area contributed by atoms with Crippen LogP contribution in [-0.2, 0) is 39.9 Å². The molecule has 160 valence electrons. The van der Waals surface area contributed by atoms with Crippen LogP contribution in [0.5, 0.6) is 0 Å². The highest BCUT2D eigenvalue weighted by Crippen LogP contribution is 2.31. The van der Waals surface area contributed by atoms with Crippen molar-refractivity contribution < 1.29 is 33.3 Å². The predicted octanol–water partition coefficient (Wildman–Crippen LogP) is 3.16. The molecule has 11 heteroatoms. The molecule has 1 aromatic rings. The summed E-state index contributed by atoms with van der Waals surface area (Å²) >= 11 is 17.0. The Bertz CT molecular complexity index is 726. The van der Waals surface area contributed by atoms with Crippen molar-refractivity contribution in [1.82, 2.24) is 0 Å². The van der Waals surface area contributed by atoms with Crippen LogP contribution >= 0.6 is 34.8 Å². The van der Waals surface area contributed by atoms with Gasteiger partial charge in [0, 0.05) is 13.8 Å². The second-order valence-corrected chi connectivity index (χ2v) is 8.41. The molecule has 1 aliphatic heterocycles. The van der Waals surface area contributed by atoms with Crippen molar-refractivity contribution in [2.75, 3.05) is 6.61 Å². The van der Waals surface area contributed by atoms with Crippen molar-refractivity contribution in [1.29, 1.82) is 5.41 Å². The molecule has 1 heterocycles. The van der Waals surface area contributed by atoms with Crippen LogP contribution in [0.1, 0.15) is 19.4 Å². The third-order valence-electron chi connectivity index (χ3n) is 3.78. The van der Waals surface area contributed by atoms with Gasteiger partial charge in [0.2, 0.25) is 12.2 Å². The number of esters is 2. The monoisotopic (exact) mass is 467 g/mol. The Hall–Kier alpha value is -1.58. The topological polar surface area (TPSA) is 104 Å². The minimum Gasteiger partial charge on any atom is -0.456 e. The van der Waals surface area contributed by atoms with Crippen molar-refractivity contribution >= 4 is 52.6 Å². The van der Waals surface area contributed by atoms with E-state index in [1.54, 1.807) is 0 Å². The number of ether oxygens (including phenoxy) is 5. The molecule has 1 fully saturated rings. The molecule has 0 aliphatic carbocycles. The first-order chi connectivity index (χ1) is 13.6. The lowest BCUT2D eigenvalue weighted by atomic mass is 10.0. The molecule has 0 bridgehead atoms. The summed E-state index contributed by atoms with van der Waals surface area (Å²) in [6, 6.07) is 9.15. The van der Waals surface area contributed by atoms with Gasteiger partial charge in [-0.05, 0) is 5.56 Å². The maximum Gasteiger partial charge on any atom is 0.303 e. The lowest BCUT2D eigenvalue weighted by molar-refractivity contribution is -0.270. The lowest BCUT2D eigenvalue weighted by Gasteiger charge is -2.40. The Labute approximate surface area is 182 Å². The van der Waals surface area contributed by atoms with Crippen molar-refractivity contribution in [2.45, 2.75) is 48.8 Å². The van der Waals surface area contributed by atoms with E-state index in [4.69, 9.17) is 63.9 Å². The molecule has 1 saturated heterocycles. The van der Waals surface area contributed by atoms with Crippen LogP contribution in [0.15, 0.2) is 30.3 Å². The summed E-state index contributed by atoms with van der Waals surface area (Å²) in [4.78, 5) is 23.1. The molecule has 0 aromatic heterocycles. The standard InChI is InChI=1S/C18H20Cl3NO7/c1-10(23)27-13-9-26-16(29-17(22)18(19,20)21)15(14(13)28-11(2)24)25-8-12-6-4-3-5-7-12/h3-7,13-16,22H,8-9H2,1-2H3/t13-,14-,15+,16+/m0/s1. The van der Waals surface area contributed by atoms with Crippen LogP contribution in [0.25, 0.3) is 0 Å². The smallest absolute Gasteiger partial charge is 0.303 e. The third-order valence-corrected chi connectivity index (χ3v) is 4.29. The zero-order chi connectivity index (χ0) is 21.6. The van der Waals surface area contributed by atoms with E-state index in [1.807, 2.05) is 30.3 Å². The number of rotatable bonds is 6. The van der Waals surface area contributed by atoms with Crippen molar-refractivity contribution in [3.8, 4) is 0 Å². The molecule has 29 heavy (non-hydrogen) atoms. The maximum atomic E-state index is 11.6. The average molecular weight is 469 g/mol. The Morgan fingerprint density at radius 2 is 1.69 bits per heavy atom. The molecule has 0 saturated carbocycles. The molecule has 0 amide bonds. The van der Waals surface area contributed by atoms with Gasteiger partial charge in [-0.3, -0.25) is 15.0 Å². The summed E-state index contributed by atoms with van der Waals surface area (Å²) in [5.41, 5.74) is 0.818. The SMILES string of the molecule is CC(=O)O[C@@H]1[C@@H](OCc2ccccc2)[C@@H](OC(=N)C(Cl)(Cl)Cl)OC[C@@H]1OC(C)=O. The molecule has 0 unspecified atom stereocenters. The first kappa shape index (κ1) is 23.7. The highest BCUT2D eigenvalue weighted by atomic mass is 35.6. The summed E-state index contributed by atoms with van der Waals surface area (Å²) in [7, 11) is 0. The fourth-order valence-corrected chi connectivity index (χ4v) is 2.75. The van der Waals surface area contributed by atoms with Crippen LogP contribution in [0.2, 0.25) is 0 Å². The van der Waals surface area contributed by atoms with E-state index >= 15 is 0 Å². The van der Waals surface area contributed by atoms with Crippen LogP contribution in [0.3, 0.4) is 0 Å². The van der Waals surface area contributed by atoms with Gasteiger partial charge in [0.05, 0.1) is 13.2 Å². The fraction of sp³-hybridized carbons (Fsp3) is 0.500. The molecule has 1 aromatic carbocycles. The minimum atomic E-state index is -2.13. The molecule has 1 aliphatic rings. The first-order valence-corrected chi connectivity index (χ1v) is 9.65. The number of hydrogen-bond acceptors (Lipinski definition) is 8. The van der Waals surface area contributed by atoms with E-state index in [9.17, 15) is 9.59 Å². The van der Waals surface area contributed by atoms with Crippen molar-refractivity contribution in [3.05, 3.63) is 35.9 Å². The van der Waals surface area contributed by atoms with Gasteiger partial charge in [-0.15, -0.1) is 0 Å². The predicted molar refractivity (Wildman–Crippen MR) is 105 cm³/mol. The zero-order valence-corrected chi connectivity index (χ0v) is 17.9. The molecule has 2 rings (SSSR count). The van der Waals surface area contributed by atoms with E-state index in [0.717, 1.165) is 5.56 Å². The minimum absolute atomic E-state index is 0.0976. The van der Waals surface area contributed by atoms with Gasteiger partial charge in [0.15, 0.2) is 18.3 Å². The highest BCUT2D eigenvalue weighted by molar-refractivity contribution is 6.76. The number of hydrogen-bond donors (Lipinski definition) is 1. The normalized spacial score (nSPS) is 24.4. The van der Waals surface area contributed by atoms with E-state index in [0.29, 0.717) is 0 Å². The highest BCUT2D eigenvalue weighted by Gasteiger charge is 2.48. The Balaban J connectivity index is 2.26. The summed E-state index contributed by atoms with van der Waals surface area (Å²) in [6.45, 7) is 2.33. The van der Waals surface area contributed by atoms with Gasteiger partial charge >= 0.3 is 11.9 Å². The van der Waals surface area contributed by atoms with Crippen LogP contribution < -0.4 is 0 Å². The number of benzene rings is 1. The summed E-state index contributed by atoms with van der Waals surface area (Å²) in [5, 5.41) is 7.79. The van der Waals surface area contributed by atoms with Crippen molar-refractivity contribution in [2.24, 2.45) is 0 Å². The summed E-state index contributed by atoms with van der Waals surface area (Å²) in [5.74, 6) is -1.92. The van der Waals surface area contributed by atoms with Crippen LogP contribution in [0, 0.1) is 5.41 Å². The molecule has 1 N–H and O–H groups in total. The van der Waals surface area contributed by atoms with Crippen LogP contribution in [-0.4, -0.2) is 52.8 Å². The quantitative estimate of drug-likeness (QED) is 0.296. The van der Waals surface area contributed by atoms with E-state index in [1.165, 1.54) is 13.8 Å². The van der Waals surface area contributed by atoms with Gasteiger partial charge < -0.3 is 23.7 Å². The second kappa shape index (κ2) is 10.4. The third kappa shape index (κ3) is 7.31. The van der Waals surface area contributed by atoms with Crippen LogP contribution in [0.4, 0.5) is 0 Å².